The largest absolute Gasteiger partial charge is 0.337 e. The second-order valence-corrected chi connectivity index (χ2v) is 7.36. The van der Waals surface area contributed by atoms with Crippen LogP contribution in [0.5, 0.6) is 0 Å². The summed E-state index contributed by atoms with van der Waals surface area (Å²) < 4.78 is 1.91. The zero-order valence-corrected chi connectivity index (χ0v) is 16.4. The van der Waals surface area contributed by atoms with Gasteiger partial charge in [-0.3, -0.25) is 9.78 Å². The smallest absolute Gasteiger partial charge is 0.264 e. The summed E-state index contributed by atoms with van der Waals surface area (Å²) in [6.45, 7) is 1.84. The van der Waals surface area contributed by atoms with Gasteiger partial charge in [0.1, 0.15) is 21.8 Å². The normalized spacial score (nSPS) is 11.9. The van der Waals surface area contributed by atoms with Crippen LogP contribution in [0.25, 0.3) is 10.7 Å². The number of imidazole rings is 1. The van der Waals surface area contributed by atoms with Crippen LogP contribution >= 0.6 is 11.3 Å². The monoisotopic (exact) mass is 389 g/mol. The highest BCUT2D eigenvalue weighted by molar-refractivity contribution is 7.17. The minimum absolute atomic E-state index is 0.172. The number of rotatable bonds is 5. The fourth-order valence-electron chi connectivity index (χ4n) is 3.00. The second-order valence-electron chi connectivity index (χ2n) is 6.36. The first-order valence-electron chi connectivity index (χ1n) is 8.85. The number of carbonyl (C=O) groups is 1. The van der Waals surface area contributed by atoms with Crippen LogP contribution in [0.4, 0.5) is 0 Å². The Bertz CT molecular complexity index is 1090. The highest BCUT2D eigenvalue weighted by atomic mass is 32.1. The summed E-state index contributed by atoms with van der Waals surface area (Å²) in [4.78, 5) is 27.0. The van der Waals surface area contributed by atoms with Gasteiger partial charge in [-0.25, -0.2) is 9.97 Å². The van der Waals surface area contributed by atoms with Gasteiger partial charge in [0.15, 0.2) is 0 Å². The molecular weight excluding hydrogens is 370 g/mol. The molecule has 6 nitrogen and oxygen atoms in total. The fourth-order valence-corrected chi connectivity index (χ4v) is 3.95. The predicted octanol–water partition coefficient (Wildman–Crippen LogP) is 3.77. The first-order chi connectivity index (χ1) is 13.6. The maximum atomic E-state index is 13.1. The lowest BCUT2D eigenvalue weighted by Crippen LogP contribution is -2.31. The average Bonchev–Trinajstić information content (AvgIpc) is 3.33. The quantitative estimate of drug-likeness (QED) is 0.564. The van der Waals surface area contributed by atoms with E-state index >= 15 is 0 Å². The average molecular weight is 389 g/mol. The lowest BCUT2D eigenvalue weighted by molar-refractivity contribution is 0.0944. The number of thiazole rings is 1. The highest BCUT2D eigenvalue weighted by Crippen LogP contribution is 2.28. The van der Waals surface area contributed by atoms with E-state index in [-0.39, 0.29) is 11.9 Å². The number of hydrogen-bond acceptors (Lipinski definition) is 5. The van der Waals surface area contributed by atoms with Gasteiger partial charge in [-0.15, -0.1) is 11.3 Å². The lowest BCUT2D eigenvalue weighted by Gasteiger charge is -2.19. The maximum Gasteiger partial charge on any atom is 0.264 e. The number of hydrogen-bond donors (Lipinski definition) is 1. The van der Waals surface area contributed by atoms with Crippen LogP contribution in [0.15, 0.2) is 67.1 Å². The first-order valence-corrected chi connectivity index (χ1v) is 9.67. The molecule has 0 bridgehead atoms. The molecule has 0 fully saturated rings. The Labute approximate surface area is 166 Å². The van der Waals surface area contributed by atoms with Gasteiger partial charge < -0.3 is 9.88 Å². The van der Waals surface area contributed by atoms with Gasteiger partial charge in [0.25, 0.3) is 5.91 Å². The Hall–Kier alpha value is -3.32. The number of nitrogens with one attached hydrogen (secondary N) is 1. The predicted molar refractivity (Wildman–Crippen MR) is 109 cm³/mol. The molecule has 28 heavy (non-hydrogen) atoms. The van der Waals surface area contributed by atoms with Crippen LogP contribution < -0.4 is 5.32 Å². The number of aryl methyl sites for hydroxylation is 2. The summed E-state index contributed by atoms with van der Waals surface area (Å²) in [5.41, 5.74) is 2.42. The number of aromatic nitrogens is 4. The van der Waals surface area contributed by atoms with E-state index in [1.807, 2.05) is 73.3 Å². The molecule has 7 heteroatoms. The van der Waals surface area contributed by atoms with Crippen molar-refractivity contribution in [1.82, 2.24) is 24.8 Å². The van der Waals surface area contributed by atoms with Gasteiger partial charge >= 0.3 is 0 Å². The maximum absolute atomic E-state index is 13.1. The van der Waals surface area contributed by atoms with E-state index < -0.39 is 0 Å². The summed E-state index contributed by atoms with van der Waals surface area (Å²) in [6, 6.07) is 15.1. The third-order valence-electron chi connectivity index (χ3n) is 4.41. The standard InChI is InChI=1S/C21H19N5OS/c1-14-18(28-21(24-14)16-10-6-7-11-22-16)20(27)25-17(15-8-4-3-5-9-15)19-23-12-13-26(19)2/h3-13,17H,1-2H3,(H,25,27)/t17-/m0/s1. The van der Waals surface area contributed by atoms with Crippen molar-refractivity contribution in [2.24, 2.45) is 7.05 Å². The molecule has 140 valence electrons. The summed E-state index contributed by atoms with van der Waals surface area (Å²) >= 11 is 1.35. The Morgan fingerprint density at radius 3 is 2.54 bits per heavy atom. The number of nitrogens with zero attached hydrogens (tertiary/aromatic N) is 4. The Balaban J connectivity index is 1.66. The van der Waals surface area contributed by atoms with Crippen LogP contribution in [-0.2, 0) is 7.05 Å². The molecule has 1 atom stereocenters. The topological polar surface area (TPSA) is 72.7 Å². The molecule has 3 aromatic heterocycles. The second kappa shape index (κ2) is 7.74. The van der Waals surface area contributed by atoms with E-state index in [0.717, 1.165) is 22.1 Å². The minimum atomic E-state index is -0.353. The van der Waals surface area contributed by atoms with Crippen LogP contribution in [0.3, 0.4) is 0 Å². The molecule has 0 aliphatic rings. The molecule has 0 radical (unpaired) electrons. The molecule has 4 rings (SSSR count). The van der Waals surface area contributed by atoms with Gasteiger partial charge in [0.2, 0.25) is 0 Å². The van der Waals surface area contributed by atoms with Crippen LogP contribution in [-0.4, -0.2) is 25.4 Å². The zero-order valence-electron chi connectivity index (χ0n) is 15.5. The van der Waals surface area contributed by atoms with Crippen LogP contribution in [0.1, 0.15) is 32.8 Å². The molecule has 4 aromatic rings. The Morgan fingerprint density at radius 1 is 1.07 bits per heavy atom. The molecular formula is C21H19N5OS. The third-order valence-corrected chi connectivity index (χ3v) is 5.59. The summed E-state index contributed by atoms with van der Waals surface area (Å²) in [7, 11) is 1.92. The Kier molecular flexibility index (Phi) is 4.99. The SMILES string of the molecule is Cc1nc(-c2ccccn2)sc1C(=O)N[C@@H](c1ccccc1)c1nccn1C. The van der Waals surface area contributed by atoms with Crippen molar-refractivity contribution in [2.75, 3.05) is 0 Å². The van der Waals surface area contributed by atoms with Gasteiger partial charge in [0.05, 0.1) is 11.4 Å². The first kappa shape index (κ1) is 18.1. The van der Waals surface area contributed by atoms with E-state index in [9.17, 15) is 4.79 Å². The zero-order chi connectivity index (χ0) is 19.5. The Morgan fingerprint density at radius 2 is 1.86 bits per heavy atom. The van der Waals surface area contributed by atoms with E-state index in [0.29, 0.717) is 10.6 Å². The van der Waals surface area contributed by atoms with Crippen molar-refractivity contribution in [3.63, 3.8) is 0 Å². The molecule has 0 aliphatic carbocycles. The molecule has 0 unspecified atom stereocenters. The molecule has 0 saturated heterocycles. The highest BCUT2D eigenvalue weighted by Gasteiger charge is 2.24. The molecule has 0 aliphatic heterocycles. The van der Waals surface area contributed by atoms with Crippen molar-refractivity contribution in [3.8, 4) is 10.7 Å². The fraction of sp³-hybridized carbons (Fsp3) is 0.143. The number of pyridine rings is 1. The number of benzene rings is 1. The summed E-state index contributed by atoms with van der Waals surface area (Å²) in [5.74, 6) is 0.598. The van der Waals surface area contributed by atoms with Crippen molar-refractivity contribution >= 4 is 17.2 Å². The van der Waals surface area contributed by atoms with Gasteiger partial charge in [0, 0.05) is 25.6 Å². The van der Waals surface area contributed by atoms with Gasteiger partial charge in [-0.1, -0.05) is 36.4 Å². The van der Waals surface area contributed by atoms with Gasteiger partial charge in [-0.05, 0) is 24.6 Å². The van der Waals surface area contributed by atoms with Crippen molar-refractivity contribution in [2.45, 2.75) is 13.0 Å². The number of amides is 1. The summed E-state index contributed by atoms with van der Waals surface area (Å²) in [6.07, 6.45) is 5.32. The lowest BCUT2D eigenvalue weighted by atomic mass is 10.1. The molecule has 1 aromatic carbocycles. The third kappa shape index (κ3) is 3.57. The van der Waals surface area contributed by atoms with E-state index in [2.05, 4.69) is 20.3 Å². The molecule has 3 heterocycles. The summed E-state index contributed by atoms with van der Waals surface area (Å²) in [5, 5.41) is 3.86. The molecule has 0 saturated carbocycles. The van der Waals surface area contributed by atoms with Crippen molar-refractivity contribution in [3.05, 3.63) is 89.1 Å². The molecule has 1 N–H and O–H groups in total. The van der Waals surface area contributed by atoms with Crippen LogP contribution in [0, 0.1) is 6.92 Å². The molecule has 0 spiro atoms. The van der Waals surface area contributed by atoms with Crippen molar-refractivity contribution < 1.29 is 4.79 Å². The minimum Gasteiger partial charge on any atom is -0.337 e. The van der Waals surface area contributed by atoms with E-state index in [4.69, 9.17) is 0 Å². The van der Waals surface area contributed by atoms with Crippen LogP contribution in [0.2, 0.25) is 0 Å². The van der Waals surface area contributed by atoms with Gasteiger partial charge in [-0.2, -0.15) is 0 Å². The van der Waals surface area contributed by atoms with Crippen molar-refractivity contribution in [1.29, 1.82) is 0 Å². The molecule has 1 amide bonds. The van der Waals surface area contributed by atoms with E-state index in [1.165, 1.54) is 11.3 Å². The number of carbonyl (C=O) groups excluding carboxylic acids is 1. The van der Waals surface area contributed by atoms with E-state index in [1.54, 1.807) is 12.4 Å².